The van der Waals surface area contributed by atoms with Crippen LogP contribution in [0.15, 0.2) is 47.5 Å². The van der Waals surface area contributed by atoms with Gasteiger partial charge < -0.3 is 20.1 Å². The number of carbonyl (C=O) groups is 2. The van der Waals surface area contributed by atoms with Gasteiger partial charge in [-0.2, -0.15) is 0 Å². The fourth-order valence-corrected chi connectivity index (χ4v) is 3.90. The summed E-state index contributed by atoms with van der Waals surface area (Å²) in [5.41, 5.74) is -0.508. The monoisotopic (exact) mass is 466 g/mol. The smallest absolute Gasteiger partial charge is 0.258 e. The van der Waals surface area contributed by atoms with Gasteiger partial charge in [0.1, 0.15) is 12.4 Å². The molecule has 1 atom stereocenters. The van der Waals surface area contributed by atoms with E-state index >= 15 is 0 Å². The molecule has 31 heavy (non-hydrogen) atoms. The van der Waals surface area contributed by atoms with E-state index in [1.807, 2.05) is 19.1 Å². The van der Waals surface area contributed by atoms with Gasteiger partial charge in [-0.25, -0.2) is 0 Å². The second-order valence-electron chi connectivity index (χ2n) is 8.15. The summed E-state index contributed by atoms with van der Waals surface area (Å²) >= 11 is 11.8. The number of benzene rings is 1. The molecule has 2 aliphatic carbocycles. The number of hydrogen-bond acceptors (Lipinski definition) is 4. The lowest BCUT2D eigenvalue weighted by molar-refractivity contribution is -0.131. The normalized spacial score (nSPS) is 25.5. The first-order valence-corrected chi connectivity index (χ1v) is 11.2. The lowest BCUT2D eigenvalue weighted by Gasteiger charge is -2.31. The topological polar surface area (TPSA) is 76.7 Å². The molecule has 0 bridgehead atoms. The highest BCUT2D eigenvalue weighted by Crippen LogP contribution is 2.26. The molecule has 3 rings (SSSR count). The van der Waals surface area contributed by atoms with Crippen molar-refractivity contribution in [3.05, 3.63) is 52.5 Å². The number of carbonyl (C=O) groups excluding carboxylic acids is 2. The molecular weight excluding hydrogens is 439 g/mol. The van der Waals surface area contributed by atoms with Crippen LogP contribution in [0.5, 0.6) is 5.75 Å². The summed E-state index contributed by atoms with van der Waals surface area (Å²) in [4.78, 5) is 24.4. The first-order valence-electron chi connectivity index (χ1n) is 10.5. The Bertz CT molecular complexity index is 832. The van der Waals surface area contributed by atoms with Crippen molar-refractivity contribution in [2.24, 2.45) is 0 Å². The van der Waals surface area contributed by atoms with Crippen molar-refractivity contribution in [3.63, 3.8) is 0 Å². The molecule has 0 aliphatic heterocycles. The van der Waals surface area contributed by atoms with E-state index in [9.17, 15) is 9.59 Å². The predicted octanol–water partition coefficient (Wildman–Crippen LogP) is 4.12. The van der Waals surface area contributed by atoms with Crippen molar-refractivity contribution in [1.29, 1.82) is 0 Å². The average Bonchev–Trinajstić information content (AvgIpc) is 2.76. The molecule has 2 N–H and O–H groups in total. The van der Waals surface area contributed by atoms with Crippen molar-refractivity contribution in [3.8, 4) is 5.75 Å². The van der Waals surface area contributed by atoms with Crippen molar-refractivity contribution in [1.82, 2.24) is 10.6 Å². The number of ether oxygens (including phenoxy) is 2. The Morgan fingerprint density at radius 2 is 1.58 bits per heavy atom. The first kappa shape index (κ1) is 23.6. The van der Waals surface area contributed by atoms with Crippen molar-refractivity contribution >= 4 is 35.0 Å². The first-order chi connectivity index (χ1) is 14.8. The van der Waals surface area contributed by atoms with Gasteiger partial charge in [-0.15, -0.1) is 0 Å². The minimum Gasteiger partial charge on any atom is -0.484 e. The minimum absolute atomic E-state index is 0.00496. The molecule has 1 saturated carbocycles. The maximum absolute atomic E-state index is 12.3. The molecule has 0 spiro atoms. The highest BCUT2D eigenvalue weighted by molar-refractivity contribution is 6.31. The molecule has 1 unspecified atom stereocenters. The van der Waals surface area contributed by atoms with Crippen LogP contribution in [-0.4, -0.2) is 42.7 Å². The van der Waals surface area contributed by atoms with Gasteiger partial charge in [-0.1, -0.05) is 35.4 Å². The Kier molecular flexibility index (Phi) is 8.41. The Morgan fingerprint density at radius 3 is 2.13 bits per heavy atom. The van der Waals surface area contributed by atoms with E-state index in [-0.39, 0.29) is 37.1 Å². The minimum atomic E-state index is -0.508. The number of nitrogens with one attached hydrogen (secondary N) is 2. The van der Waals surface area contributed by atoms with E-state index in [1.54, 1.807) is 30.3 Å². The fourth-order valence-electron chi connectivity index (χ4n) is 3.63. The van der Waals surface area contributed by atoms with Gasteiger partial charge in [0.05, 0.1) is 5.60 Å². The van der Waals surface area contributed by atoms with Crippen LogP contribution < -0.4 is 15.4 Å². The summed E-state index contributed by atoms with van der Waals surface area (Å²) < 4.78 is 11.3. The zero-order valence-corrected chi connectivity index (χ0v) is 19.0. The molecule has 1 aromatic rings. The standard InChI is InChI=1S/C23H28Cl2N2O4/c1-23(12-10-17(25)11-13-23)31-15-22(29)27-19-6-4-18(5-7-19)26-21(28)14-30-20-8-2-16(24)3-9-20/h2-3,8-12,18-19H,4-7,13-15H2,1H3,(H,26,28)(H,27,29). The third-order valence-electron chi connectivity index (χ3n) is 5.47. The Hall–Kier alpha value is -2.02. The lowest BCUT2D eigenvalue weighted by Crippen LogP contribution is -2.46. The second kappa shape index (κ2) is 11.0. The number of hydrogen-bond donors (Lipinski definition) is 2. The zero-order valence-electron chi connectivity index (χ0n) is 17.5. The summed E-state index contributed by atoms with van der Waals surface area (Å²) in [5, 5.41) is 7.34. The zero-order chi connectivity index (χ0) is 22.3. The van der Waals surface area contributed by atoms with Crippen LogP contribution in [0.2, 0.25) is 5.02 Å². The number of amides is 2. The van der Waals surface area contributed by atoms with Crippen LogP contribution in [0.1, 0.15) is 39.0 Å². The fraction of sp³-hybridized carbons (Fsp3) is 0.478. The van der Waals surface area contributed by atoms with E-state index in [0.29, 0.717) is 22.2 Å². The summed E-state index contributed by atoms with van der Waals surface area (Å²) in [5.74, 6) is 0.322. The van der Waals surface area contributed by atoms with E-state index in [1.165, 1.54) is 0 Å². The molecule has 168 valence electrons. The molecule has 2 aliphatic rings. The molecule has 8 heteroatoms. The Labute approximate surface area is 193 Å². The van der Waals surface area contributed by atoms with Crippen molar-refractivity contribution < 1.29 is 19.1 Å². The van der Waals surface area contributed by atoms with Crippen LogP contribution in [0.4, 0.5) is 0 Å². The number of rotatable bonds is 8. The Morgan fingerprint density at radius 1 is 1.00 bits per heavy atom. The largest absolute Gasteiger partial charge is 0.484 e. The summed E-state index contributed by atoms with van der Waals surface area (Å²) in [7, 11) is 0. The lowest BCUT2D eigenvalue weighted by atomic mass is 9.91. The van der Waals surface area contributed by atoms with Crippen molar-refractivity contribution in [2.75, 3.05) is 13.2 Å². The molecule has 0 heterocycles. The quantitative estimate of drug-likeness (QED) is 0.603. The van der Waals surface area contributed by atoms with Crippen LogP contribution in [0.3, 0.4) is 0 Å². The van der Waals surface area contributed by atoms with Gasteiger partial charge in [0.2, 0.25) is 5.91 Å². The van der Waals surface area contributed by atoms with Gasteiger partial charge in [-0.05, 0) is 69.4 Å². The van der Waals surface area contributed by atoms with E-state index in [2.05, 4.69) is 10.6 Å². The van der Waals surface area contributed by atoms with Crippen LogP contribution in [0.25, 0.3) is 0 Å². The number of halogens is 2. The van der Waals surface area contributed by atoms with Gasteiger partial charge in [-0.3, -0.25) is 9.59 Å². The highest BCUT2D eigenvalue weighted by Gasteiger charge is 2.26. The molecule has 6 nitrogen and oxygen atoms in total. The molecule has 0 aromatic heterocycles. The van der Waals surface area contributed by atoms with E-state index < -0.39 is 5.60 Å². The SMILES string of the molecule is CC1(OCC(=O)NC2CCC(NC(=O)COc3ccc(Cl)cc3)CC2)C=CC(Cl)=CC1. The van der Waals surface area contributed by atoms with Gasteiger partial charge >= 0.3 is 0 Å². The summed E-state index contributed by atoms with van der Waals surface area (Å²) in [6.45, 7) is 1.90. The maximum Gasteiger partial charge on any atom is 0.258 e. The van der Waals surface area contributed by atoms with Crippen LogP contribution >= 0.6 is 23.2 Å². The van der Waals surface area contributed by atoms with Gasteiger partial charge in [0, 0.05) is 22.1 Å². The molecule has 1 aromatic carbocycles. The van der Waals surface area contributed by atoms with E-state index in [4.69, 9.17) is 32.7 Å². The van der Waals surface area contributed by atoms with Crippen molar-refractivity contribution in [2.45, 2.75) is 56.7 Å². The molecule has 2 amide bonds. The third-order valence-corrected chi connectivity index (χ3v) is 6.00. The van der Waals surface area contributed by atoms with Crippen LogP contribution in [-0.2, 0) is 14.3 Å². The summed E-state index contributed by atoms with van der Waals surface area (Å²) in [6.07, 6.45) is 9.43. The molecule has 0 radical (unpaired) electrons. The van der Waals surface area contributed by atoms with Crippen LogP contribution in [0, 0.1) is 0 Å². The summed E-state index contributed by atoms with van der Waals surface area (Å²) in [6, 6.07) is 7.07. The molecular formula is C23H28Cl2N2O4. The maximum atomic E-state index is 12.3. The molecule has 1 fully saturated rings. The highest BCUT2D eigenvalue weighted by atomic mass is 35.5. The van der Waals surface area contributed by atoms with Gasteiger partial charge in [0.25, 0.3) is 5.91 Å². The second-order valence-corrected chi connectivity index (χ2v) is 9.03. The predicted molar refractivity (Wildman–Crippen MR) is 121 cm³/mol. The van der Waals surface area contributed by atoms with Gasteiger partial charge in [0.15, 0.2) is 6.61 Å². The Balaban J connectivity index is 1.31. The third kappa shape index (κ3) is 7.87. The molecule has 0 saturated heterocycles. The average molecular weight is 467 g/mol. The number of allylic oxidation sites excluding steroid dienone is 2. The van der Waals surface area contributed by atoms with E-state index in [0.717, 1.165) is 25.7 Å².